The number of aromatic nitrogens is 2. The summed E-state index contributed by atoms with van der Waals surface area (Å²) in [6.07, 6.45) is 4.74. The molecule has 2 rings (SSSR count). The largest absolute Gasteiger partial charge is 0.321 e. The van der Waals surface area contributed by atoms with Crippen LogP contribution in [0.1, 0.15) is 25.0 Å². The summed E-state index contributed by atoms with van der Waals surface area (Å²) in [5, 5.41) is 4.28. The number of rotatable bonds is 4. The summed E-state index contributed by atoms with van der Waals surface area (Å²) in [6, 6.07) is 8.18. The van der Waals surface area contributed by atoms with Gasteiger partial charge in [-0.2, -0.15) is 5.10 Å². The van der Waals surface area contributed by atoms with Crippen molar-refractivity contribution in [3.63, 3.8) is 0 Å². The molecule has 0 saturated carbocycles. The summed E-state index contributed by atoms with van der Waals surface area (Å²) in [6.45, 7) is 5.02. The van der Waals surface area contributed by atoms with E-state index in [0.29, 0.717) is 0 Å². The second kappa shape index (κ2) is 5.24. The van der Waals surface area contributed by atoms with Gasteiger partial charge in [-0.15, -0.1) is 0 Å². The second-order valence-electron chi connectivity index (χ2n) is 4.81. The standard InChI is InChI=1S/C14H18BrN3/c1-3-18-10-11(9-17-18)8-14(2,16)12-4-6-13(15)7-5-12/h4-7,9-10H,3,8,16H2,1-2H3. The molecule has 1 aromatic heterocycles. The fourth-order valence-corrected chi connectivity index (χ4v) is 2.29. The van der Waals surface area contributed by atoms with Crippen LogP contribution in [-0.2, 0) is 18.5 Å². The number of aryl methyl sites for hydroxylation is 1. The van der Waals surface area contributed by atoms with Crippen LogP contribution < -0.4 is 5.73 Å². The number of hydrogen-bond donors (Lipinski definition) is 1. The van der Waals surface area contributed by atoms with Crippen LogP contribution in [0, 0.1) is 0 Å². The monoisotopic (exact) mass is 307 g/mol. The summed E-state index contributed by atoms with van der Waals surface area (Å²) >= 11 is 3.44. The van der Waals surface area contributed by atoms with E-state index < -0.39 is 0 Å². The smallest absolute Gasteiger partial charge is 0.0522 e. The molecule has 96 valence electrons. The lowest BCUT2D eigenvalue weighted by atomic mass is 9.88. The summed E-state index contributed by atoms with van der Waals surface area (Å²) in [7, 11) is 0. The van der Waals surface area contributed by atoms with Gasteiger partial charge in [0.1, 0.15) is 0 Å². The maximum atomic E-state index is 6.42. The predicted octanol–water partition coefficient (Wildman–Crippen LogP) is 3.08. The molecule has 0 aliphatic carbocycles. The third-order valence-corrected chi connectivity index (χ3v) is 3.61. The van der Waals surface area contributed by atoms with Gasteiger partial charge in [-0.1, -0.05) is 28.1 Å². The highest BCUT2D eigenvalue weighted by atomic mass is 79.9. The Labute approximate surface area is 116 Å². The molecule has 4 heteroatoms. The van der Waals surface area contributed by atoms with E-state index in [1.165, 1.54) is 5.56 Å². The first-order chi connectivity index (χ1) is 8.51. The SMILES string of the molecule is CCn1cc(CC(C)(N)c2ccc(Br)cc2)cn1. The lowest BCUT2D eigenvalue weighted by Crippen LogP contribution is -2.35. The van der Waals surface area contributed by atoms with Gasteiger partial charge in [0.2, 0.25) is 0 Å². The summed E-state index contributed by atoms with van der Waals surface area (Å²) in [4.78, 5) is 0. The lowest BCUT2D eigenvalue weighted by Gasteiger charge is -2.24. The van der Waals surface area contributed by atoms with Crippen molar-refractivity contribution in [3.8, 4) is 0 Å². The van der Waals surface area contributed by atoms with Crippen LogP contribution in [0.2, 0.25) is 0 Å². The molecule has 0 amide bonds. The molecule has 1 atom stereocenters. The quantitative estimate of drug-likeness (QED) is 0.943. The first-order valence-corrected chi connectivity index (χ1v) is 6.87. The van der Waals surface area contributed by atoms with E-state index in [-0.39, 0.29) is 5.54 Å². The minimum Gasteiger partial charge on any atom is -0.321 e. The first kappa shape index (κ1) is 13.3. The van der Waals surface area contributed by atoms with Crippen molar-refractivity contribution in [2.75, 3.05) is 0 Å². The Hall–Kier alpha value is -1.13. The van der Waals surface area contributed by atoms with E-state index in [1.807, 2.05) is 23.0 Å². The van der Waals surface area contributed by atoms with Crippen molar-refractivity contribution >= 4 is 15.9 Å². The van der Waals surface area contributed by atoms with E-state index in [2.05, 4.69) is 53.2 Å². The molecule has 2 aromatic rings. The van der Waals surface area contributed by atoms with Crippen molar-refractivity contribution in [1.29, 1.82) is 0 Å². The van der Waals surface area contributed by atoms with E-state index in [4.69, 9.17) is 5.73 Å². The van der Waals surface area contributed by atoms with Gasteiger partial charge >= 0.3 is 0 Å². The molecule has 0 spiro atoms. The van der Waals surface area contributed by atoms with Crippen LogP contribution >= 0.6 is 15.9 Å². The summed E-state index contributed by atoms with van der Waals surface area (Å²) in [5.41, 5.74) is 8.35. The van der Waals surface area contributed by atoms with E-state index in [1.54, 1.807) is 0 Å². The molecule has 2 N–H and O–H groups in total. The van der Waals surface area contributed by atoms with Crippen molar-refractivity contribution in [1.82, 2.24) is 9.78 Å². The van der Waals surface area contributed by atoms with Crippen LogP contribution in [0.15, 0.2) is 41.1 Å². The Morgan fingerprint density at radius 2 is 2.00 bits per heavy atom. The topological polar surface area (TPSA) is 43.8 Å². The van der Waals surface area contributed by atoms with Crippen LogP contribution in [0.5, 0.6) is 0 Å². The zero-order valence-electron chi connectivity index (χ0n) is 10.7. The lowest BCUT2D eigenvalue weighted by molar-refractivity contribution is 0.491. The molecular weight excluding hydrogens is 290 g/mol. The van der Waals surface area contributed by atoms with Crippen molar-refractivity contribution in [3.05, 3.63) is 52.3 Å². The van der Waals surface area contributed by atoms with Gasteiger partial charge in [-0.3, -0.25) is 4.68 Å². The van der Waals surface area contributed by atoms with Crippen molar-refractivity contribution in [2.24, 2.45) is 5.73 Å². The fraction of sp³-hybridized carbons (Fsp3) is 0.357. The van der Waals surface area contributed by atoms with E-state index in [9.17, 15) is 0 Å². The molecule has 18 heavy (non-hydrogen) atoms. The van der Waals surface area contributed by atoms with Gasteiger partial charge in [0.25, 0.3) is 0 Å². The molecule has 0 radical (unpaired) electrons. The minimum atomic E-state index is -0.373. The third kappa shape index (κ3) is 3.00. The zero-order valence-corrected chi connectivity index (χ0v) is 12.3. The van der Waals surface area contributed by atoms with Crippen LogP contribution in [0.3, 0.4) is 0 Å². The molecule has 1 unspecified atom stereocenters. The Morgan fingerprint density at radius 1 is 1.33 bits per heavy atom. The van der Waals surface area contributed by atoms with Gasteiger partial charge in [-0.05, 0) is 43.5 Å². The summed E-state index contributed by atoms with van der Waals surface area (Å²) < 4.78 is 2.99. The molecule has 0 aliphatic rings. The minimum absolute atomic E-state index is 0.373. The second-order valence-corrected chi connectivity index (χ2v) is 5.72. The Balaban J connectivity index is 2.18. The molecule has 0 aliphatic heterocycles. The maximum Gasteiger partial charge on any atom is 0.0522 e. The Morgan fingerprint density at radius 3 is 2.56 bits per heavy atom. The summed E-state index contributed by atoms with van der Waals surface area (Å²) in [5.74, 6) is 0. The van der Waals surface area contributed by atoms with Crippen molar-refractivity contribution in [2.45, 2.75) is 32.4 Å². The number of halogens is 1. The van der Waals surface area contributed by atoms with Gasteiger partial charge in [-0.25, -0.2) is 0 Å². The molecule has 1 aromatic carbocycles. The van der Waals surface area contributed by atoms with Crippen LogP contribution in [-0.4, -0.2) is 9.78 Å². The molecule has 0 saturated heterocycles. The fourth-order valence-electron chi connectivity index (χ4n) is 2.03. The predicted molar refractivity (Wildman–Crippen MR) is 77.3 cm³/mol. The molecular formula is C14H18BrN3. The average Bonchev–Trinajstić information content (AvgIpc) is 2.76. The molecule has 0 fully saturated rings. The highest BCUT2D eigenvalue weighted by Crippen LogP contribution is 2.24. The molecule has 0 bridgehead atoms. The first-order valence-electron chi connectivity index (χ1n) is 6.07. The van der Waals surface area contributed by atoms with E-state index in [0.717, 1.165) is 23.0 Å². The van der Waals surface area contributed by atoms with Gasteiger partial charge in [0.05, 0.1) is 6.20 Å². The zero-order chi connectivity index (χ0) is 13.2. The number of benzene rings is 1. The van der Waals surface area contributed by atoms with Crippen molar-refractivity contribution < 1.29 is 0 Å². The average molecular weight is 308 g/mol. The van der Waals surface area contributed by atoms with Crippen LogP contribution in [0.4, 0.5) is 0 Å². The number of hydrogen-bond acceptors (Lipinski definition) is 2. The maximum absolute atomic E-state index is 6.42. The number of nitrogens with zero attached hydrogens (tertiary/aromatic N) is 2. The molecule has 1 heterocycles. The Kier molecular flexibility index (Phi) is 3.88. The van der Waals surface area contributed by atoms with Crippen LogP contribution in [0.25, 0.3) is 0 Å². The number of nitrogens with two attached hydrogens (primary N) is 1. The van der Waals surface area contributed by atoms with Gasteiger partial charge in [0, 0.05) is 22.8 Å². The normalized spacial score (nSPS) is 14.4. The van der Waals surface area contributed by atoms with E-state index >= 15 is 0 Å². The van der Waals surface area contributed by atoms with Gasteiger partial charge < -0.3 is 5.73 Å². The van der Waals surface area contributed by atoms with Gasteiger partial charge in [0.15, 0.2) is 0 Å². The highest BCUT2D eigenvalue weighted by molar-refractivity contribution is 9.10. The molecule has 3 nitrogen and oxygen atoms in total. The highest BCUT2D eigenvalue weighted by Gasteiger charge is 2.22. The third-order valence-electron chi connectivity index (χ3n) is 3.09. The Bertz CT molecular complexity index is 514.